The number of pyridine rings is 1. The van der Waals surface area contributed by atoms with Gasteiger partial charge in [-0.1, -0.05) is 24.3 Å². The van der Waals surface area contributed by atoms with Crippen molar-refractivity contribution in [1.82, 2.24) is 25.2 Å². The standard InChI is InChI=1S/C35H37F3N6O3/c36-23-14-35(10-3-11-44(35)18-23)20-47-34-41-32-26-16-40-31(30(32)38)25-6-1-4-22-8-9-27(37)24(29(22)25)5-2-7-28(45)39-15-21-17-43(33(26)42-34)12-13-46-19-21/h1,4,6,8-9,16,21,23H,2-3,5,7,10-15,17-20H2,(H,39,45)/t21?,23-,35+/m1/s1. The Balaban J connectivity index is 1.29. The Bertz CT molecular complexity index is 1860. The number of hydrogen-bond acceptors (Lipinski definition) is 8. The Morgan fingerprint density at radius 1 is 1.09 bits per heavy atom. The third-order valence-corrected chi connectivity index (χ3v) is 10.3. The molecule has 6 bridgehead atoms. The first-order valence-corrected chi connectivity index (χ1v) is 16.6. The Morgan fingerprint density at radius 3 is 2.91 bits per heavy atom. The monoisotopic (exact) mass is 646 g/mol. The molecular weight excluding hydrogens is 609 g/mol. The van der Waals surface area contributed by atoms with E-state index in [0.29, 0.717) is 86.4 Å². The van der Waals surface area contributed by atoms with Gasteiger partial charge in [0.1, 0.15) is 35.6 Å². The number of carbonyl (C=O) groups is 1. The largest absolute Gasteiger partial charge is 0.461 e. The normalized spacial score (nSPS) is 25.3. The molecule has 3 saturated heterocycles. The fraction of sp³-hybridized carbons (Fsp3) is 0.486. The van der Waals surface area contributed by atoms with E-state index in [1.807, 2.05) is 11.0 Å². The topological polar surface area (TPSA) is 92.7 Å². The Hall–Kier alpha value is -4.03. The molecule has 1 amide bonds. The summed E-state index contributed by atoms with van der Waals surface area (Å²) in [6, 6.07) is 8.48. The number of ether oxygens (including phenoxy) is 2. The van der Waals surface area contributed by atoms with Crippen LogP contribution in [0.25, 0.3) is 32.9 Å². The van der Waals surface area contributed by atoms with E-state index in [4.69, 9.17) is 14.5 Å². The number of carbonyl (C=O) groups excluding carboxylic acids is 1. The predicted molar refractivity (Wildman–Crippen MR) is 171 cm³/mol. The Kier molecular flexibility index (Phi) is 7.87. The summed E-state index contributed by atoms with van der Waals surface area (Å²) in [4.78, 5) is 31.1. The van der Waals surface area contributed by atoms with E-state index in [-0.39, 0.29) is 42.1 Å². The lowest BCUT2D eigenvalue weighted by Gasteiger charge is -2.31. The number of rotatable bonds is 3. The van der Waals surface area contributed by atoms with Gasteiger partial charge in [0, 0.05) is 56.7 Å². The zero-order valence-electron chi connectivity index (χ0n) is 26.1. The third-order valence-electron chi connectivity index (χ3n) is 10.3. The minimum atomic E-state index is -0.918. The van der Waals surface area contributed by atoms with Crippen molar-refractivity contribution in [1.29, 1.82) is 0 Å². The summed E-state index contributed by atoms with van der Waals surface area (Å²) in [7, 11) is 0. The van der Waals surface area contributed by atoms with Crippen LogP contribution in [-0.4, -0.2) is 90.0 Å². The molecule has 0 saturated carbocycles. The highest BCUT2D eigenvalue weighted by atomic mass is 19.1. The SMILES string of the molecule is O=C1CCCc2c(F)ccc3cccc(c23)-c2ncc3c(nc(OC[C@@]45CCCN4C[C@H](F)C5)nc3c2F)N2CCOCC(CN1)C2. The van der Waals surface area contributed by atoms with Gasteiger partial charge in [-0.05, 0) is 54.6 Å². The van der Waals surface area contributed by atoms with Crippen LogP contribution in [0, 0.1) is 17.6 Å². The number of amides is 1. The summed E-state index contributed by atoms with van der Waals surface area (Å²) in [6.07, 6.45) is 3.76. The molecule has 9 rings (SSSR count). The fourth-order valence-electron chi connectivity index (χ4n) is 8.00. The molecule has 5 aliphatic rings. The summed E-state index contributed by atoms with van der Waals surface area (Å²) in [5.74, 6) is -0.802. The zero-order valence-corrected chi connectivity index (χ0v) is 26.1. The first-order valence-electron chi connectivity index (χ1n) is 16.6. The van der Waals surface area contributed by atoms with Crippen molar-refractivity contribution < 1.29 is 27.4 Å². The number of hydrogen-bond donors (Lipinski definition) is 1. The van der Waals surface area contributed by atoms with Gasteiger partial charge in [0.05, 0.1) is 24.1 Å². The van der Waals surface area contributed by atoms with Crippen LogP contribution in [0.15, 0.2) is 36.5 Å². The molecule has 1 unspecified atom stereocenters. The van der Waals surface area contributed by atoms with Crippen LogP contribution >= 0.6 is 0 Å². The highest BCUT2D eigenvalue weighted by molar-refractivity contribution is 6.01. The highest BCUT2D eigenvalue weighted by Gasteiger charge is 2.49. The molecule has 47 heavy (non-hydrogen) atoms. The minimum absolute atomic E-state index is 0.00432. The van der Waals surface area contributed by atoms with Gasteiger partial charge in [-0.25, -0.2) is 13.2 Å². The Labute approximate surface area is 270 Å². The smallest absolute Gasteiger partial charge is 0.319 e. The number of benzene rings is 2. The number of alkyl halides is 1. The number of fused-ring (bicyclic) bond motifs is 7. The molecule has 1 N–H and O–H groups in total. The molecule has 3 atom stereocenters. The molecule has 0 aliphatic carbocycles. The zero-order chi connectivity index (χ0) is 32.1. The van der Waals surface area contributed by atoms with E-state index in [1.54, 1.807) is 24.4 Å². The van der Waals surface area contributed by atoms with Crippen LogP contribution in [0.1, 0.15) is 37.7 Å². The number of halogens is 3. The highest BCUT2D eigenvalue weighted by Crippen LogP contribution is 2.41. The number of nitrogens with zero attached hydrogens (tertiary/aromatic N) is 5. The first-order chi connectivity index (χ1) is 22.9. The average molecular weight is 647 g/mol. The van der Waals surface area contributed by atoms with E-state index >= 15 is 8.78 Å². The second kappa shape index (κ2) is 12.2. The molecule has 2 aromatic heterocycles. The van der Waals surface area contributed by atoms with Crippen LogP contribution in [0.3, 0.4) is 0 Å². The molecule has 0 radical (unpaired) electrons. The summed E-state index contributed by atoms with van der Waals surface area (Å²) in [5.41, 5.74) is 0.506. The van der Waals surface area contributed by atoms with Crippen molar-refractivity contribution in [3.05, 3.63) is 53.7 Å². The summed E-state index contributed by atoms with van der Waals surface area (Å²) in [5, 5.41) is 4.74. The van der Waals surface area contributed by atoms with E-state index in [1.165, 1.54) is 6.07 Å². The lowest BCUT2D eigenvalue weighted by molar-refractivity contribution is -0.121. The van der Waals surface area contributed by atoms with Crippen molar-refractivity contribution in [2.75, 3.05) is 57.4 Å². The van der Waals surface area contributed by atoms with E-state index in [9.17, 15) is 9.18 Å². The minimum Gasteiger partial charge on any atom is -0.461 e. The van der Waals surface area contributed by atoms with Crippen molar-refractivity contribution in [2.24, 2.45) is 5.92 Å². The average Bonchev–Trinajstić information content (AvgIpc) is 3.48. The van der Waals surface area contributed by atoms with Gasteiger partial charge in [-0.2, -0.15) is 9.97 Å². The molecule has 12 heteroatoms. The van der Waals surface area contributed by atoms with Gasteiger partial charge in [-0.3, -0.25) is 14.7 Å². The summed E-state index contributed by atoms with van der Waals surface area (Å²) >= 11 is 0. The van der Waals surface area contributed by atoms with Crippen LogP contribution in [0.2, 0.25) is 0 Å². The molecule has 3 fully saturated rings. The number of aromatic nitrogens is 3. The molecule has 246 valence electrons. The molecule has 2 aromatic carbocycles. The number of anilines is 1. The van der Waals surface area contributed by atoms with E-state index in [0.717, 1.165) is 24.8 Å². The van der Waals surface area contributed by atoms with Crippen molar-refractivity contribution in [3.63, 3.8) is 0 Å². The van der Waals surface area contributed by atoms with Gasteiger partial charge in [-0.15, -0.1) is 0 Å². The van der Waals surface area contributed by atoms with Crippen LogP contribution < -0.4 is 15.0 Å². The van der Waals surface area contributed by atoms with Crippen LogP contribution in [-0.2, 0) is 16.0 Å². The second-order valence-electron chi connectivity index (χ2n) is 13.4. The van der Waals surface area contributed by atoms with Gasteiger partial charge in [0.15, 0.2) is 5.82 Å². The van der Waals surface area contributed by atoms with Crippen LogP contribution in [0.4, 0.5) is 19.0 Å². The van der Waals surface area contributed by atoms with E-state index in [2.05, 4.69) is 20.2 Å². The maximum atomic E-state index is 16.9. The molecule has 0 spiro atoms. The van der Waals surface area contributed by atoms with Crippen LogP contribution in [0.5, 0.6) is 6.01 Å². The lowest BCUT2D eigenvalue weighted by Crippen LogP contribution is -2.43. The van der Waals surface area contributed by atoms with Gasteiger partial charge >= 0.3 is 6.01 Å². The molecule has 4 aromatic rings. The Morgan fingerprint density at radius 2 is 2.00 bits per heavy atom. The first kappa shape index (κ1) is 30.3. The third kappa shape index (κ3) is 5.54. The van der Waals surface area contributed by atoms with Crippen molar-refractivity contribution in [3.8, 4) is 17.3 Å². The van der Waals surface area contributed by atoms with Gasteiger partial charge in [0.2, 0.25) is 5.91 Å². The van der Waals surface area contributed by atoms with E-state index < -0.39 is 23.3 Å². The molecule has 5 aliphatic heterocycles. The number of nitrogens with one attached hydrogen (secondary N) is 1. The summed E-state index contributed by atoms with van der Waals surface area (Å²) < 4.78 is 59.0. The van der Waals surface area contributed by atoms with Crippen molar-refractivity contribution >= 4 is 33.4 Å². The predicted octanol–water partition coefficient (Wildman–Crippen LogP) is 4.98. The summed E-state index contributed by atoms with van der Waals surface area (Å²) in [6.45, 7) is 3.60. The quantitative estimate of drug-likeness (QED) is 0.333. The lowest BCUT2D eigenvalue weighted by atomic mass is 9.93. The fourth-order valence-corrected chi connectivity index (χ4v) is 8.00. The maximum Gasteiger partial charge on any atom is 0.319 e. The second-order valence-corrected chi connectivity index (χ2v) is 13.4. The number of aryl methyl sites for hydroxylation is 1. The molecule has 7 heterocycles. The molecule has 9 nitrogen and oxygen atoms in total. The van der Waals surface area contributed by atoms with Gasteiger partial charge < -0.3 is 19.7 Å². The molecular formula is C35H37F3N6O3. The van der Waals surface area contributed by atoms with Gasteiger partial charge in [0.25, 0.3) is 0 Å². The maximum absolute atomic E-state index is 16.9. The van der Waals surface area contributed by atoms with Crippen molar-refractivity contribution in [2.45, 2.75) is 50.2 Å².